The average molecular weight is 443 g/mol. The van der Waals surface area contributed by atoms with Crippen molar-refractivity contribution in [2.75, 3.05) is 13.1 Å². The van der Waals surface area contributed by atoms with Crippen molar-refractivity contribution in [2.45, 2.75) is 31.8 Å². The fraction of sp³-hybridized carbons (Fsp3) is 0.316. The van der Waals surface area contributed by atoms with Gasteiger partial charge in [-0.25, -0.2) is 12.8 Å². The molecule has 156 valence electrons. The molecule has 0 atom stereocenters. The number of hydrogen-bond acceptors (Lipinski definition) is 5. The molecule has 7 nitrogen and oxygen atoms in total. The Hall–Kier alpha value is -2.36. The van der Waals surface area contributed by atoms with Crippen molar-refractivity contribution in [3.05, 3.63) is 51.8 Å². The number of fused-ring (bicyclic) bond motifs is 1. The van der Waals surface area contributed by atoms with Crippen LogP contribution in [0.25, 0.3) is 0 Å². The van der Waals surface area contributed by atoms with E-state index in [1.165, 1.54) is 27.4 Å². The third-order valence-electron chi connectivity index (χ3n) is 4.88. The van der Waals surface area contributed by atoms with Gasteiger partial charge >= 0.3 is 0 Å². The Morgan fingerprint density at radius 3 is 2.45 bits per heavy atom. The van der Waals surface area contributed by atoms with Crippen molar-refractivity contribution in [3.8, 4) is 11.5 Å². The third kappa shape index (κ3) is 3.65. The maximum Gasteiger partial charge on any atom is 0.258 e. The Balaban J connectivity index is 2.06. The summed E-state index contributed by atoms with van der Waals surface area (Å²) in [5.41, 5.74) is 0.406. The van der Waals surface area contributed by atoms with Gasteiger partial charge in [-0.2, -0.15) is 4.31 Å². The summed E-state index contributed by atoms with van der Waals surface area (Å²) >= 11 is 5.79. The largest absolute Gasteiger partial charge is 0.504 e. The summed E-state index contributed by atoms with van der Waals surface area (Å²) in [6.45, 7) is 3.71. The third-order valence-corrected chi connectivity index (χ3v) is 7.28. The van der Waals surface area contributed by atoms with Gasteiger partial charge in [0.25, 0.3) is 5.91 Å². The smallest absolute Gasteiger partial charge is 0.258 e. The summed E-state index contributed by atoms with van der Waals surface area (Å²) in [6.07, 6.45) is 0. The van der Waals surface area contributed by atoms with E-state index in [9.17, 15) is 27.8 Å². The zero-order valence-electron chi connectivity index (χ0n) is 15.8. The number of halogens is 2. The summed E-state index contributed by atoms with van der Waals surface area (Å²) in [5, 5.41) is 20.2. The van der Waals surface area contributed by atoms with Gasteiger partial charge in [-0.15, -0.1) is 0 Å². The lowest BCUT2D eigenvalue weighted by atomic mass is 10.1. The molecule has 3 rings (SSSR count). The molecule has 1 amide bonds. The number of hydrogen-bond donors (Lipinski definition) is 2. The van der Waals surface area contributed by atoms with Crippen molar-refractivity contribution in [1.82, 2.24) is 9.21 Å². The Morgan fingerprint density at radius 2 is 1.86 bits per heavy atom. The molecule has 0 aliphatic carbocycles. The van der Waals surface area contributed by atoms with Crippen molar-refractivity contribution in [1.29, 1.82) is 0 Å². The van der Waals surface area contributed by atoms with Gasteiger partial charge in [0.05, 0.1) is 15.5 Å². The Morgan fingerprint density at radius 1 is 1.21 bits per heavy atom. The molecular weight excluding hydrogens is 423 g/mol. The molecule has 0 unspecified atom stereocenters. The first kappa shape index (κ1) is 21.4. The summed E-state index contributed by atoms with van der Waals surface area (Å²) in [4.78, 5) is 13.9. The van der Waals surface area contributed by atoms with E-state index in [-0.39, 0.29) is 47.2 Å². The number of phenolic OH excluding ortho intramolecular Hbond substituents is 2. The molecule has 2 aromatic rings. The van der Waals surface area contributed by atoms with Crippen LogP contribution in [0, 0.1) is 5.82 Å². The van der Waals surface area contributed by atoms with Crippen molar-refractivity contribution in [3.63, 3.8) is 0 Å². The van der Waals surface area contributed by atoms with E-state index in [0.717, 1.165) is 6.07 Å². The highest BCUT2D eigenvalue weighted by atomic mass is 35.5. The minimum absolute atomic E-state index is 0.0263. The zero-order chi connectivity index (χ0) is 21.5. The number of sulfonamides is 1. The molecular formula is C19H20ClFN2O5S. The Labute approximate surface area is 173 Å². The van der Waals surface area contributed by atoms with E-state index in [4.69, 9.17) is 11.6 Å². The standard InChI is InChI=1S/C19H20ClFN2O5S/c1-3-23(4-2)29(27,28)16-8-15(24)18(25)17-12(16)10-22(19(17)26)9-11-5-6-14(21)13(20)7-11/h5-8,24-25H,3-4,9-10H2,1-2H3. The normalized spacial score (nSPS) is 14.0. The molecule has 0 fully saturated rings. The minimum Gasteiger partial charge on any atom is -0.504 e. The molecule has 1 aliphatic rings. The number of aromatic hydroxyl groups is 2. The number of carbonyl (C=O) groups is 1. The van der Waals surface area contributed by atoms with E-state index < -0.39 is 33.2 Å². The quantitative estimate of drug-likeness (QED) is 0.670. The molecule has 2 N–H and O–H groups in total. The summed E-state index contributed by atoms with van der Waals surface area (Å²) in [6, 6.07) is 4.97. The van der Waals surface area contributed by atoms with Crippen molar-refractivity contribution in [2.24, 2.45) is 0 Å². The molecule has 0 saturated heterocycles. The highest BCUT2D eigenvalue weighted by molar-refractivity contribution is 7.89. The summed E-state index contributed by atoms with van der Waals surface area (Å²) in [5.74, 6) is -2.58. The first-order chi connectivity index (χ1) is 13.6. The monoisotopic (exact) mass is 442 g/mol. The lowest BCUT2D eigenvalue weighted by Crippen LogP contribution is -2.31. The van der Waals surface area contributed by atoms with Crippen LogP contribution in [0.2, 0.25) is 5.02 Å². The molecule has 0 aromatic heterocycles. The van der Waals surface area contributed by atoms with Crippen LogP contribution in [0.4, 0.5) is 4.39 Å². The molecule has 1 aliphatic heterocycles. The van der Waals surface area contributed by atoms with Crippen LogP contribution < -0.4 is 0 Å². The van der Waals surface area contributed by atoms with Gasteiger partial charge in [-0.05, 0) is 17.7 Å². The number of amides is 1. The number of nitrogens with zero attached hydrogens (tertiary/aromatic N) is 2. The second kappa shape index (κ2) is 7.81. The lowest BCUT2D eigenvalue weighted by molar-refractivity contribution is 0.0764. The summed E-state index contributed by atoms with van der Waals surface area (Å²) < 4.78 is 40.6. The molecule has 0 saturated carbocycles. The molecule has 0 bridgehead atoms. The molecule has 0 radical (unpaired) electrons. The van der Waals surface area contributed by atoms with Crippen LogP contribution in [0.5, 0.6) is 11.5 Å². The lowest BCUT2D eigenvalue weighted by Gasteiger charge is -2.20. The molecule has 1 heterocycles. The van der Waals surface area contributed by atoms with E-state index >= 15 is 0 Å². The number of phenols is 2. The predicted molar refractivity (Wildman–Crippen MR) is 105 cm³/mol. The highest BCUT2D eigenvalue weighted by Crippen LogP contribution is 2.42. The first-order valence-corrected chi connectivity index (χ1v) is 10.7. The van der Waals surface area contributed by atoms with Gasteiger partial charge in [0.1, 0.15) is 5.82 Å². The predicted octanol–water partition coefficient (Wildman–Crippen LogP) is 3.08. The molecule has 29 heavy (non-hydrogen) atoms. The number of benzene rings is 2. The van der Waals surface area contributed by atoms with Gasteiger partial charge in [0.15, 0.2) is 11.5 Å². The fourth-order valence-corrected chi connectivity index (χ4v) is 5.30. The maximum atomic E-state index is 13.4. The van der Waals surface area contributed by atoms with Gasteiger partial charge in [0.2, 0.25) is 10.0 Å². The van der Waals surface area contributed by atoms with Gasteiger partial charge < -0.3 is 15.1 Å². The minimum atomic E-state index is -3.99. The van der Waals surface area contributed by atoms with Crippen molar-refractivity contribution >= 4 is 27.5 Å². The zero-order valence-corrected chi connectivity index (χ0v) is 17.4. The van der Waals surface area contributed by atoms with E-state index in [0.29, 0.717) is 5.56 Å². The second-order valence-corrected chi connectivity index (χ2v) is 8.91. The SMILES string of the molecule is CCN(CC)S(=O)(=O)c1cc(O)c(O)c2c1CN(Cc1ccc(F)c(Cl)c1)C2=O. The first-order valence-electron chi connectivity index (χ1n) is 8.92. The van der Waals surface area contributed by atoms with Crippen molar-refractivity contribution < 1.29 is 27.8 Å². The van der Waals surface area contributed by atoms with Crippen LogP contribution in [-0.4, -0.2) is 46.8 Å². The second-order valence-electron chi connectivity index (χ2n) is 6.59. The van der Waals surface area contributed by atoms with Crippen LogP contribution in [0.3, 0.4) is 0 Å². The van der Waals surface area contributed by atoms with Gasteiger partial charge in [-0.3, -0.25) is 4.79 Å². The topological polar surface area (TPSA) is 98.2 Å². The van der Waals surface area contributed by atoms with Crippen LogP contribution in [0.1, 0.15) is 35.3 Å². The highest BCUT2D eigenvalue weighted by Gasteiger charge is 2.38. The maximum absolute atomic E-state index is 13.4. The molecule has 2 aromatic carbocycles. The fourth-order valence-electron chi connectivity index (χ4n) is 3.40. The van der Waals surface area contributed by atoms with Crippen LogP contribution >= 0.6 is 11.6 Å². The van der Waals surface area contributed by atoms with Gasteiger partial charge in [0, 0.05) is 37.8 Å². The Bertz CT molecular complexity index is 1090. The van der Waals surface area contributed by atoms with Crippen LogP contribution in [-0.2, 0) is 23.1 Å². The summed E-state index contributed by atoms with van der Waals surface area (Å²) in [7, 11) is -3.99. The Kier molecular flexibility index (Phi) is 5.75. The van der Waals surface area contributed by atoms with E-state index in [2.05, 4.69) is 0 Å². The average Bonchev–Trinajstić information content (AvgIpc) is 2.98. The van der Waals surface area contributed by atoms with Gasteiger partial charge in [-0.1, -0.05) is 31.5 Å². The van der Waals surface area contributed by atoms with E-state index in [1.54, 1.807) is 13.8 Å². The van der Waals surface area contributed by atoms with Crippen LogP contribution in [0.15, 0.2) is 29.2 Å². The van der Waals surface area contributed by atoms with E-state index in [1.807, 2.05) is 0 Å². The number of rotatable bonds is 6. The molecule has 10 heteroatoms. The number of carbonyl (C=O) groups excluding carboxylic acids is 1. The molecule has 0 spiro atoms.